The second kappa shape index (κ2) is 6.24. The lowest BCUT2D eigenvalue weighted by atomic mass is 10.2. The third-order valence-electron chi connectivity index (χ3n) is 2.70. The molecule has 0 spiro atoms. The van der Waals surface area contributed by atoms with Crippen LogP contribution in [0.4, 0.5) is 21.5 Å². The zero-order chi connectivity index (χ0) is 15.4. The summed E-state index contributed by atoms with van der Waals surface area (Å²) in [6.45, 7) is 0.909. The van der Waals surface area contributed by atoms with Gasteiger partial charge >= 0.3 is 5.69 Å². The summed E-state index contributed by atoms with van der Waals surface area (Å²) in [5.74, 6) is -0.979. The fraction of sp³-hybridized carbons (Fsp3) is 0.455. The number of anilines is 1. The molecule has 0 aliphatic rings. The highest BCUT2D eigenvalue weighted by Gasteiger charge is 2.26. The Hall–Kier alpha value is -2.29. The van der Waals surface area contributed by atoms with Crippen molar-refractivity contribution >= 4 is 17.1 Å². The van der Waals surface area contributed by atoms with Gasteiger partial charge < -0.3 is 9.80 Å². The summed E-state index contributed by atoms with van der Waals surface area (Å²) in [5, 5.41) is 21.6. The number of hydrogen-bond donors (Lipinski definition) is 0. The highest BCUT2D eigenvalue weighted by atomic mass is 19.1. The van der Waals surface area contributed by atoms with Crippen molar-refractivity contribution in [3.05, 3.63) is 38.2 Å². The van der Waals surface area contributed by atoms with Gasteiger partial charge in [0.05, 0.1) is 22.0 Å². The molecule has 9 heteroatoms. The van der Waals surface area contributed by atoms with E-state index in [1.165, 1.54) is 11.9 Å². The van der Waals surface area contributed by atoms with Crippen LogP contribution in [0.25, 0.3) is 0 Å². The Morgan fingerprint density at radius 2 is 1.70 bits per heavy atom. The second-order valence-corrected chi connectivity index (χ2v) is 4.53. The maximum absolute atomic E-state index is 13.9. The van der Waals surface area contributed by atoms with E-state index in [2.05, 4.69) is 0 Å². The zero-order valence-electron chi connectivity index (χ0n) is 11.4. The quantitative estimate of drug-likeness (QED) is 0.583. The molecular weight excluding hydrogens is 271 g/mol. The number of hydrogen-bond acceptors (Lipinski definition) is 6. The summed E-state index contributed by atoms with van der Waals surface area (Å²) in [4.78, 5) is 23.1. The van der Waals surface area contributed by atoms with Crippen LogP contribution in [0.3, 0.4) is 0 Å². The van der Waals surface area contributed by atoms with Crippen molar-refractivity contribution in [2.24, 2.45) is 0 Å². The van der Waals surface area contributed by atoms with Gasteiger partial charge in [-0.05, 0) is 14.1 Å². The standard InChI is InChI=1S/C11H15FN4O4/c1-13(2)4-5-14(3)11-9(12)6-8(15(17)18)7-10(11)16(19)20/h6-7H,4-5H2,1-3H3. The molecule has 0 aromatic heterocycles. The van der Waals surface area contributed by atoms with Crippen LogP contribution in [0.15, 0.2) is 12.1 Å². The van der Waals surface area contributed by atoms with Crippen molar-refractivity contribution in [2.75, 3.05) is 39.1 Å². The van der Waals surface area contributed by atoms with Gasteiger partial charge in [-0.25, -0.2) is 4.39 Å². The third kappa shape index (κ3) is 3.60. The van der Waals surface area contributed by atoms with Crippen LogP contribution in [-0.2, 0) is 0 Å². The average Bonchev–Trinajstić information content (AvgIpc) is 2.34. The largest absolute Gasteiger partial charge is 0.365 e. The molecule has 20 heavy (non-hydrogen) atoms. The summed E-state index contributed by atoms with van der Waals surface area (Å²) >= 11 is 0. The van der Waals surface area contributed by atoms with E-state index < -0.39 is 27.0 Å². The van der Waals surface area contributed by atoms with Crippen LogP contribution < -0.4 is 4.90 Å². The molecule has 0 N–H and O–H groups in total. The number of nitro benzene ring substituents is 2. The van der Waals surface area contributed by atoms with E-state index in [1.54, 1.807) is 0 Å². The number of rotatable bonds is 6. The summed E-state index contributed by atoms with van der Waals surface area (Å²) in [6, 6.07) is 1.46. The second-order valence-electron chi connectivity index (χ2n) is 4.53. The highest BCUT2D eigenvalue weighted by Crippen LogP contribution is 2.34. The third-order valence-corrected chi connectivity index (χ3v) is 2.70. The van der Waals surface area contributed by atoms with Crippen molar-refractivity contribution < 1.29 is 14.2 Å². The minimum absolute atomic E-state index is 0.248. The van der Waals surface area contributed by atoms with Crippen molar-refractivity contribution in [1.29, 1.82) is 0 Å². The van der Waals surface area contributed by atoms with Gasteiger partial charge in [0.1, 0.15) is 0 Å². The first kappa shape index (κ1) is 15.8. The van der Waals surface area contributed by atoms with E-state index in [9.17, 15) is 24.6 Å². The Bertz CT molecular complexity index is 535. The number of nitrogens with zero attached hydrogens (tertiary/aromatic N) is 4. The molecule has 1 aromatic rings. The highest BCUT2D eigenvalue weighted by molar-refractivity contribution is 5.67. The van der Waals surface area contributed by atoms with Gasteiger partial charge in [-0.2, -0.15) is 0 Å². The summed E-state index contributed by atoms with van der Waals surface area (Å²) in [5.41, 5.74) is -1.50. The maximum Gasteiger partial charge on any atom is 0.302 e. The Labute approximate surface area is 114 Å². The summed E-state index contributed by atoms with van der Waals surface area (Å²) in [6.07, 6.45) is 0. The first-order valence-corrected chi connectivity index (χ1v) is 5.72. The molecule has 0 atom stereocenters. The van der Waals surface area contributed by atoms with E-state index >= 15 is 0 Å². The molecule has 0 fully saturated rings. The van der Waals surface area contributed by atoms with E-state index in [0.29, 0.717) is 19.2 Å². The van der Waals surface area contributed by atoms with Gasteiger partial charge in [-0.1, -0.05) is 0 Å². The van der Waals surface area contributed by atoms with Gasteiger partial charge in [0, 0.05) is 20.1 Å². The average molecular weight is 286 g/mol. The Morgan fingerprint density at radius 3 is 2.15 bits per heavy atom. The fourth-order valence-electron chi connectivity index (χ4n) is 1.65. The van der Waals surface area contributed by atoms with Crippen molar-refractivity contribution in [1.82, 2.24) is 4.90 Å². The monoisotopic (exact) mass is 286 g/mol. The van der Waals surface area contributed by atoms with E-state index in [0.717, 1.165) is 6.07 Å². The molecule has 110 valence electrons. The van der Waals surface area contributed by atoms with Gasteiger partial charge in [-0.3, -0.25) is 20.2 Å². The number of non-ortho nitro benzene ring substituents is 1. The van der Waals surface area contributed by atoms with Crippen LogP contribution in [0.2, 0.25) is 0 Å². The molecule has 1 rings (SSSR count). The lowest BCUT2D eigenvalue weighted by molar-refractivity contribution is -0.394. The normalized spacial score (nSPS) is 10.7. The smallest absolute Gasteiger partial charge is 0.302 e. The fourth-order valence-corrected chi connectivity index (χ4v) is 1.65. The van der Waals surface area contributed by atoms with Gasteiger partial charge in [-0.15, -0.1) is 0 Å². The summed E-state index contributed by atoms with van der Waals surface area (Å²) in [7, 11) is 5.13. The van der Waals surface area contributed by atoms with Crippen LogP contribution in [-0.4, -0.2) is 49.0 Å². The lowest BCUT2D eigenvalue weighted by Gasteiger charge is -2.21. The molecule has 1 aromatic carbocycles. The molecule has 0 heterocycles. The molecule has 0 aliphatic carbocycles. The minimum Gasteiger partial charge on any atom is -0.365 e. The number of halogens is 1. The van der Waals surface area contributed by atoms with Crippen LogP contribution in [0, 0.1) is 26.0 Å². The molecule has 0 aliphatic heterocycles. The Balaban J connectivity index is 3.23. The van der Waals surface area contributed by atoms with Crippen molar-refractivity contribution in [3.63, 3.8) is 0 Å². The van der Waals surface area contributed by atoms with E-state index in [-0.39, 0.29) is 5.69 Å². The first-order chi connectivity index (χ1) is 9.23. The molecule has 0 radical (unpaired) electrons. The molecule has 8 nitrogen and oxygen atoms in total. The summed E-state index contributed by atoms with van der Waals surface area (Å²) < 4.78 is 13.9. The molecule has 0 unspecified atom stereocenters. The molecule has 0 amide bonds. The van der Waals surface area contributed by atoms with Gasteiger partial charge in [0.2, 0.25) is 0 Å². The van der Waals surface area contributed by atoms with Crippen LogP contribution in [0.5, 0.6) is 0 Å². The predicted octanol–water partition coefficient (Wildman–Crippen LogP) is 1.64. The SMILES string of the molecule is CN(C)CCN(C)c1c(F)cc([N+](=O)[O-])cc1[N+](=O)[O-]. The predicted molar refractivity (Wildman–Crippen MR) is 71.5 cm³/mol. The van der Waals surface area contributed by atoms with E-state index in [4.69, 9.17) is 0 Å². The first-order valence-electron chi connectivity index (χ1n) is 5.72. The van der Waals surface area contributed by atoms with Crippen LogP contribution >= 0.6 is 0 Å². The number of nitro groups is 2. The lowest BCUT2D eigenvalue weighted by Crippen LogP contribution is -2.29. The Kier molecular flexibility index (Phi) is 4.92. The van der Waals surface area contributed by atoms with E-state index in [1.807, 2.05) is 19.0 Å². The molecule has 0 saturated heterocycles. The van der Waals surface area contributed by atoms with Crippen molar-refractivity contribution in [3.8, 4) is 0 Å². The maximum atomic E-state index is 13.9. The molecule has 0 bridgehead atoms. The van der Waals surface area contributed by atoms with Gasteiger partial charge in [0.25, 0.3) is 5.69 Å². The zero-order valence-corrected chi connectivity index (χ0v) is 11.4. The molecular formula is C11H15FN4O4. The minimum atomic E-state index is -0.979. The van der Waals surface area contributed by atoms with Crippen molar-refractivity contribution in [2.45, 2.75) is 0 Å². The van der Waals surface area contributed by atoms with Gasteiger partial charge in [0.15, 0.2) is 11.5 Å². The Morgan fingerprint density at radius 1 is 1.10 bits per heavy atom. The van der Waals surface area contributed by atoms with Crippen LogP contribution in [0.1, 0.15) is 0 Å². The molecule has 0 saturated carbocycles. The topological polar surface area (TPSA) is 92.8 Å². The number of likely N-dealkylation sites (N-methyl/N-ethyl adjacent to an activating group) is 2. The number of benzene rings is 1.